The number of thiazole rings is 1. The van der Waals surface area contributed by atoms with Gasteiger partial charge in [0, 0.05) is 10.4 Å². The molecule has 2 rings (SSSR count). The second-order valence-electron chi connectivity index (χ2n) is 4.08. The lowest BCUT2D eigenvalue weighted by atomic mass is 10.1. The van der Waals surface area contributed by atoms with Crippen LogP contribution >= 0.6 is 11.3 Å². The van der Waals surface area contributed by atoms with Gasteiger partial charge in [-0.2, -0.15) is 0 Å². The Morgan fingerprint density at radius 3 is 2.63 bits per heavy atom. The number of benzene rings is 1. The van der Waals surface area contributed by atoms with Crippen molar-refractivity contribution in [3.05, 3.63) is 40.8 Å². The lowest BCUT2D eigenvalue weighted by Gasteiger charge is -1.99. The standard InChI is InChI=1S/C14H14N2O2S/c1-9-13(16-14(15)19-9)11-7-5-10(6-8-11)3-2-4-12(17)18/h2-3,5-8H,4H2,1H3,(H2,15,16)(H,17,18). The summed E-state index contributed by atoms with van der Waals surface area (Å²) < 4.78 is 0. The van der Waals surface area contributed by atoms with Crippen LogP contribution in [-0.4, -0.2) is 16.1 Å². The second-order valence-corrected chi connectivity index (χ2v) is 5.31. The van der Waals surface area contributed by atoms with Gasteiger partial charge in [-0.1, -0.05) is 36.4 Å². The Morgan fingerprint density at radius 2 is 2.11 bits per heavy atom. The molecule has 0 aliphatic carbocycles. The minimum Gasteiger partial charge on any atom is -0.481 e. The lowest BCUT2D eigenvalue weighted by Crippen LogP contribution is -1.89. The van der Waals surface area contributed by atoms with E-state index in [9.17, 15) is 4.79 Å². The Bertz CT molecular complexity index is 615. The molecule has 1 aromatic heterocycles. The number of anilines is 1. The van der Waals surface area contributed by atoms with Crippen LogP contribution in [0.4, 0.5) is 5.13 Å². The minimum absolute atomic E-state index is 0.0312. The zero-order valence-electron chi connectivity index (χ0n) is 10.5. The van der Waals surface area contributed by atoms with Crippen molar-refractivity contribution < 1.29 is 9.90 Å². The average molecular weight is 274 g/mol. The summed E-state index contributed by atoms with van der Waals surface area (Å²) in [6, 6.07) is 7.79. The first-order valence-electron chi connectivity index (χ1n) is 5.78. The van der Waals surface area contributed by atoms with Crippen LogP contribution in [0.25, 0.3) is 17.3 Å². The second kappa shape index (κ2) is 5.67. The molecule has 0 atom stereocenters. The minimum atomic E-state index is -0.832. The SMILES string of the molecule is Cc1sc(N)nc1-c1ccc(C=CCC(=O)O)cc1. The number of aliphatic carboxylic acids is 1. The van der Waals surface area contributed by atoms with Crippen LogP contribution in [0, 0.1) is 6.92 Å². The van der Waals surface area contributed by atoms with Gasteiger partial charge in [-0.05, 0) is 12.5 Å². The predicted molar refractivity (Wildman–Crippen MR) is 78.0 cm³/mol. The summed E-state index contributed by atoms with van der Waals surface area (Å²) in [7, 11) is 0. The van der Waals surface area contributed by atoms with Crippen molar-refractivity contribution >= 4 is 28.5 Å². The average Bonchev–Trinajstić information content (AvgIpc) is 2.69. The molecule has 1 aromatic carbocycles. The highest BCUT2D eigenvalue weighted by molar-refractivity contribution is 7.15. The van der Waals surface area contributed by atoms with E-state index in [1.807, 2.05) is 31.2 Å². The van der Waals surface area contributed by atoms with Gasteiger partial charge in [-0.15, -0.1) is 11.3 Å². The van der Waals surface area contributed by atoms with Crippen LogP contribution < -0.4 is 5.73 Å². The third-order valence-electron chi connectivity index (χ3n) is 2.60. The molecule has 0 radical (unpaired) electrons. The van der Waals surface area contributed by atoms with E-state index in [-0.39, 0.29) is 6.42 Å². The summed E-state index contributed by atoms with van der Waals surface area (Å²) in [4.78, 5) is 15.8. The Labute approximate surface area is 115 Å². The monoisotopic (exact) mass is 274 g/mol. The number of nitrogen functional groups attached to an aromatic ring is 1. The molecule has 0 aliphatic rings. The largest absolute Gasteiger partial charge is 0.481 e. The molecule has 0 aliphatic heterocycles. The summed E-state index contributed by atoms with van der Waals surface area (Å²) in [6.45, 7) is 1.99. The fourth-order valence-electron chi connectivity index (χ4n) is 1.73. The van der Waals surface area contributed by atoms with Gasteiger partial charge >= 0.3 is 5.97 Å². The molecule has 4 nitrogen and oxygen atoms in total. The van der Waals surface area contributed by atoms with Crippen molar-refractivity contribution in [2.45, 2.75) is 13.3 Å². The van der Waals surface area contributed by atoms with Crippen molar-refractivity contribution in [3.8, 4) is 11.3 Å². The van der Waals surface area contributed by atoms with Crippen LogP contribution in [0.5, 0.6) is 0 Å². The maximum absolute atomic E-state index is 10.4. The van der Waals surface area contributed by atoms with E-state index in [2.05, 4.69) is 4.98 Å². The molecule has 0 saturated carbocycles. The van der Waals surface area contributed by atoms with Crippen molar-refractivity contribution in [1.82, 2.24) is 4.98 Å². The summed E-state index contributed by atoms with van der Waals surface area (Å²) in [5.74, 6) is -0.832. The van der Waals surface area contributed by atoms with E-state index in [0.717, 1.165) is 21.7 Å². The molecule has 0 fully saturated rings. The molecule has 3 N–H and O–H groups in total. The zero-order chi connectivity index (χ0) is 13.8. The normalized spacial score (nSPS) is 11.0. The van der Waals surface area contributed by atoms with Gasteiger partial charge in [0.25, 0.3) is 0 Å². The van der Waals surface area contributed by atoms with Gasteiger partial charge in [-0.25, -0.2) is 4.98 Å². The number of carbonyl (C=O) groups is 1. The first kappa shape index (κ1) is 13.3. The highest BCUT2D eigenvalue weighted by Crippen LogP contribution is 2.28. The van der Waals surface area contributed by atoms with Crippen molar-refractivity contribution in [2.24, 2.45) is 0 Å². The number of nitrogens with two attached hydrogens (primary N) is 1. The number of nitrogens with zero attached hydrogens (tertiary/aromatic N) is 1. The number of aromatic nitrogens is 1. The molecule has 2 aromatic rings. The quantitative estimate of drug-likeness (QED) is 0.897. The lowest BCUT2D eigenvalue weighted by molar-refractivity contribution is -0.135. The van der Waals surface area contributed by atoms with Crippen molar-refractivity contribution in [3.63, 3.8) is 0 Å². The number of hydrogen-bond acceptors (Lipinski definition) is 4. The third-order valence-corrected chi connectivity index (χ3v) is 3.40. The van der Waals surface area contributed by atoms with Crippen LogP contribution in [0.15, 0.2) is 30.3 Å². The van der Waals surface area contributed by atoms with Crippen molar-refractivity contribution in [2.75, 3.05) is 5.73 Å². The topological polar surface area (TPSA) is 76.2 Å². The maximum atomic E-state index is 10.4. The number of carboxylic acid groups (broad SMARTS) is 1. The first-order chi connectivity index (χ1) is 9.06. The Balaban J connectivity index is 2.17. The smallest absolute Gasteiger partial charge is 0.307 e. The fraction of sp³-hybridized carbons (Fsp3) is 0.143. The van der Waals surface area contributed by atoms with E-state index in [4.69, 9.17) is 10.8 Å². The van der Waals surface area contributed by atoms with Gasteiger partial charge in [0.05, 0.1) is 12.1 Å². The molecule has 98 valence electrons. The van der Waals surface area contributed by atoms with E-state index in [0.29, 0.717) is 5.13 Å². The van der Waals surface area contributed by atoms with Gasteiger partial charge in [0.15, 0.2) is 5.13 Å². The van der Waals surface area contributed by atoms with E-state index >= 15 is 0 Å². The van der Waals surface area contributed by atoms with E-state index in [1.54, 1.807) is 12.2 Å². The zero-order valence-corrected chi connectivity index (χ0v) is 11.3. The van der Waals surface area contributed by atoms with Crippen LogP contribution in [0.3, 0.4) is 0 Å². The first-order valence-corrected chi connectivity index (χ1v) is 6.59. The number of hydrogen-bond donors (Lipinski definition) is 2. The maximum Gasteiger partial charge on any atom is 0.307 e. The molecule has 5 heteroatoms. The Hall–Kier alpha value is -2.14. The molecule has 0 amide bonds. The molecule has 0 bridgehead atoms. The summed E-state index contributed by atoms with van der Waals surface area (Å²) in [5.41, 5.74) is 8.57. The molecule has 19 heavy (non-hydrogen) atoms. The van der Waals surface area contributed by atoms with E-state index < -0.39 is 5.97 Å². The van der Waals surface area contributed by atoms with Crippen LogP contribution in [0.2, 0.25) is 0 Å². The van der Waals surface area contributed by atoms with Gasteiger partial charge in [-0.3, -0.25) is 4.79 Å². The number of rotatable bonds is 4. The van der Waals surface area contributed by atoms with Crippen LogP contribution in [-0.2, 0) is 4.79 Å². The van der Waals surface area contributed by atoms with E-state index in [1.165, 1.54) is 11.3 Å². The van der Waals surface area contributed by atoms with Crippen molar-refractivity contribution in [1.29, 1.82) is 0 Å². The van der Waals surface area contributed by atoms with Gasteiger partial charge < -0.3 is 10.8 Å². The fourth-order valence-corrected chi connectivity index (χ4v) is 2.44. The molecule has 0 unspecified atom stereocenters. The number of carboxylic acids is 1. The number of aryl methyl sites for hydroxylation is 1. The highest BCUT2D eigenvalue weighted by Gasteiger charge is 2.07. The third kappa shape index (κ3) is 3.42. The summed E-state index contributed by atoms with van der Waals surface area (Å²) in [6.07, 6.45) is 3.45. The molecule has 1 heterocycles. The van der Waals surface area contributed by atoms with Crippen LogP contribution in [0.1, 0.15) is 16.9 Å². The predicted octanol–water partition coefficient (Wildman–Crippen LogP) is 3.19. The summed E-state index contributed by atoms with van der Waals surface area (Å²) >= 11 is 1.47. The highest BCUT2D eigenvalue weighted by atomic mass is 32.1. The molecular weight excluding hydrogens is 260 g/mol. The summed E-state index contributed by atoms with van der Waals surface area (Å²) in [5, 5.41) is 9.11. The molecule has 0 saturated heterocycles. The molecular formula is C14H14N2O2S. The molecule has 0 spiro atoms. The van der Waals surface area contributed by atoms with Gasteiger partial charge in [0.2, 0.25) is 0 Å². The van der Waals surface area contributed by atoms with Gasteiger partial charge in [0.1, 0.15) is 0 Å². The Kier molecular flexibility index (Phi) is 3.97. The Morgan fingerprint density at radius 1 is 1.42 bits per heavy atom.